The van der Waals surface area contributed by atoms with Crippen molar-refractivity contribution < 1.29 is 39.6 Å². The van der Waals surface area contributed by atoms with E-state index in [1.165, 1.54) is 36.5 Å². The molecule has 6 heteroatoms. The van der Waals surface area contributed by atoms with Crippen LogP contribution in [0, 0.1) is 38.1 Å². The Hall–Kier alpha value is -3.44. The Balaban J connectivity index is 0.000000251. The second-order valence-electron chi connectivity index (χ2n) is 12.4. The average Bonchev–Trinajstić information content (AvgIpc) is 3.45. The first-order valence-corrected chi connectivity index (χ1v) is 17.4. The molecule has 4 heterocycles. The van der Waals surface area contributed by atoms with Crippen LogP contribution in [0.4, 0.5) is 0 Å². The minimum absolute atomic E-state index is 0. The van der Waals surface area contributed by atoms with E-state index in [0.29, 0.717) is 5.39 Å². The van der Waals surface area contributed by atoms with Gasteiger partial charge in [0.15, 0.2) is 0 Å². The molecule has 0 saturated carbocycles. The summed E-state index contributed by atoms with van der Waals surface area (Å²) in [5.41, 5.74) is 2.34. The van der Waals surface area contributed by atoms with Gasteiger partial charge in [0, 0.05) is 58.7 Å². The van der Waals surface area contributed by atoms with Gasteiger partial charge in [0.2, 0.25) is 5.71 Å². The van der Waals surface area contributed by atoms with E-state index in [1.54, 1.807) is 0 Å². The molecule has 0 saturated heterocycles. The van der Waals surface area contributed by atoms with Crippen LogP contribution in [-0.2, 0) is 26.5 Å². The maximum atomic E-state index is 8.75. The maximum Gasteiger partial charge on any atom is 0.216 e. The van der Waals surface area contributed by atoms with Crippen LogP contribution in [0.1, 0.15) is 58.2 Å². The van der Waals surface area contributed by atoms with Gasteiger partial charge in [0.1, 0.15) is 0 Å². The summed E-state index contributed by atoms with van der Waals surface area (Å²) >= 11 is 0. The Morgan fingerprint density at radius 1 is 0.955 bits per heavy atom. The second-order valence-corrected chi connectivity index (χ2v) is 17.4. The van der Waals surface area contributed by atoms with Crippen LogP contribution < -0.4 is 5.19 Å². The molecule has 0 amide bonds. The Morgan fingerprint density at radius 2 is 1.80 bits per heavy atom. The van der Waals surface area contributed by atoms with E-state index >= 15 is 0 Å². The van der Waals surface area contributed by atoms with E-state index in [2.05, 4.69) is 46.7 Å². The van der Waals surface area contributed by atoms with Gasteiger partial charge in [-0.2, -0.15) is 0 Å². The van der Waals surface area contributed by atoms with Crippen LogP contribution in [0.3, 0.4) is 0 Å². The maximum absolute atomic E-state index is 8.75. The summed E-state index contributed by atoms with van der Waals surface area (Å²) in [4.78, 5) is 12.9. The Morgan fingerprint density at radius 3 is 2.48 bits per heavy atom. The van der Waals surface area contributed by atoms with Gasteiger partial charge in [-0.15, -0.1) is 53.6 Å². The number of pyridine rings is 3. The minimum atomic E-state index is -2.50. The zero-order valence-electron chi connectivity index (χ0n) is 36.5. The number of benzene rings is 2. The number of hydrogen-bond acceptors (Lipinski definition) is 4. The quantitative estimate of drug-likeness (QED) is 0.132. The van der Waals surface area contributed by atoms with E-state index in [9.17, 15) is 0 Å². The van der Waals surface area contributed by atoms with Crippen molar-refractivity contribution in [2.75, 3.05) is 0 Å². The predicted molar refractivity (Wildman–Crippen MR) is 182 cm³/mol. The first-order valence-electron chi connectivity index (χ1n) is 19.4. The summed E-state index contributed by atoms with van der Waals surface area (Å²) in [7, 11) is -1.70. The summed E-state index contributed by atoms with van der Waals surface area (Å²) in [6, 6.07) is 22.5. The Bertz CT molecular complexity index is 2310. The SMILES string of the molecule is [2H]C([2H])([2H])c1ccnc(-c2[c-]cc(C([2H])([2H])[2H])c3c2oc2nc(C([2H])([2H])[2H])ccc23)c1.[2H]C([2H])(c1cc(-c2[c-]cccc2)ncc1[Si](C)(C)C)C(C)(C)C.[Ir]. The fraction of sp³-hybridized carbons (Fsp3) is 0.289. The van der Waals surface area contributed by atoms with E-state index in [-0.39, 0.29) is 64.9 Å². The third-order valence-electron chi connectivity index (χ3n) is 6.64. The van der Waals surface area contributed by atoms with Crippen molar-refractivity contribution in [3.05, 3.63) is 108 Å². The molecule has 0 aliphatic rings. The monoisotopic (exact) mass is 787 g/mol. The molecule has 229 valence electrons. The van der Waals surface area contributed by atoms with E-state index in [0.717, 1.165) is 22.0 Å². The first-order chi connectivity index (χ1) is 24.7. The number of nitrogens with zero attached hydrogens (tertiary/aromatic N) is 3. The van der Waals surface area contributed by atoms with Crippen molar-refractivity contribution in [3.8, 4) is 22.5 Å². The van der Waals surface area contributed by atoms with Crippen molar-refractivity contribution in [3.63, 3.8) is 0 Å². The summed E-state index contributed by atoms with van der Waals surface area (Å²) in [6.07, 6.45) is 1.80. The molecule has 1 radical (unpaired) electrons. The normalized spacial score (nSPS) is 16.5. The van der Waals surface area contributed by atoms with Gasteiger partial charge in [-0.05, 0) is 60.3 Å². The molecule has 6 rings (SSSR count). The van der Waals surface area contributed by atoms with Crippen LogP contribution in [-0.4, -0.2) is 23.0 Å². The molecule has 44 heavy (non-hydrogen) atoms. The number of rotatable bonds is 4. The summed E-state index contributed by atoms with van der Waals surface area (Å²) in [5.74, 6) is 0. The van der Waals surface area contributed by atoms with Crippen molar-refractivity contribution in [2.45, 2.75) is 67.3 Å². The van der Waals surface area contributed by atoms with Gasteiger partial charge in [-0.1, -0.05) is 81.5 Å². The van der Waals surface area contributed by atoms with Crippen molar-refractivity contribution >= 4 is 35.3 Å². The molecule has 0 N–H and O–H groups in total. The fourth-order valence-corrected chi connectivity index (χ4v) is 6.12. The smallest absolute Gasteiger partial charge is 0.216 e. The first kappa shape index (κ1) is 21.3. The van der Waals surface area contributed by atoms with Gasteiger partial charge >= 0.3 is 0 Å². The average molecular weight is 787 g/mol. The molecule has 0 aliphatic carbocycles. The molecule has 0 bridgehead atoms. The van der Waals surface area contributed by atoms with Crippen LogP contribution >= 0.6 is 0 Å². The fourth-order valence-electron chi connectivity index (χ4n) is 4.72. The standard InChI is InChI=1S/C19H15N2O.C19H26NSi.Ir/c1-11-8-9-20-16(10-11)14-6-4-12(2)17-15-7-5-13(3)21-19(15)22-18(14)17;1-19(2,3)13-16-12-17(15-10-8-7-9-11-15)20-14-18(16)21(4,5)6;/h4-5,7-10H,1-3H3;7-10,12,14H,13H2,1-6H3;/q2*-1;/i1D3,2D3,3D3;13D2;. The Labute approximate surface area is 292 Å². The number of fused-ring (bicyclic) bond motifs is 3. The van der Waals surface area contributed by atoms with E-state index in [4.69, 9.17) is 19.5 Å². The summed E-state index contributed by atoms with van der Waals surface area (Å²) in [5, 5.41) is 1.66. The molecule has 4 nitrogen and oxygen atoms in total. The molecule has 0 atom stereocenters. The number of aryl methyl sites for hydroxylation is 3. The van der Waals surface area contributed by atoms with Gasteiger partial charge in [-0.25, -0.2) is 4.98 Å². The van der Waals surface area contributed by atoms with Crippen molar-refractivity contribution in [1.29, 1.82) is 0 Å². The minimum Gasteiger partial charge on any atom is -0.486 e. The van der Waals surface area contributed by atoms with Crippen LogP contribution in [0.25, 0.3) is 44.6 Å². The third kappa shape index (κ3) is 7.61. The van der Waals surface area contributed by atoms with Crippen LogP contribution in [0.15, 0.2) is 77.5 Å². The van der Waals surface area contributed by atoms with Gasteiger partial charge in [0.25, 0.3) is 0 Å². The molecule has 0 spiro atoms. The topological polar surface area (TPSA) is 51.8 Å². The molecular weight excluding hydrogens is 735 g/mol. The molecule has 0 fully saturated rings. The molecule has 2 aromatic carbocycles. The molecule has 6 aromatic rings. The molecule has 0 unspecified atom stereocenters. The van der Waals surface area contributed by atoms with Gasteiger partial charge < -0.3 is 14.4 Å². The molecule has 0 aliphatic heterocycles. The van der Waals surface area contributed by atoms with Crippen molar-refractivity contribution in [1.82, 2.24) is 15.0 Å². The van der Waals surface area contributed by atoms with Crippen LogP contribution in [0.2, 0.25) is 19.6 Å². The Kier molecular flexibility index (Phi) is 6.43. The van der Waals surface area contributed by atoms with Crippen LogP contribution in [0.5, 0.6) is 0 Å². The third-order valence-corrected chi connectivity index (χ3v) is 8.65. The molecular formula is C38H41IrN3OSi-2. The second kappa shape index (κ2) is 13.3. The number of hydrogen-bond donors (Lipinski definition) is 0. The number of aromatic nitrogens is 3. The van der Waals surface area contributed by atoms with Gasteiger partial charge in [0.05, 0.1) is 13.7 Å². The van der Waals surface area contributed by atoms with Gasteiger partial charge in [-0.3, -0.25) is 0 Å². The largest absolute Gasteiger partial charge is 0.486 e. The predicted octanol–water partition coefficient (Wildman–Crippen LogP) is 9.45. The van der Waals surface area contributed by atoms with Crippen molar-refractivity contribution in [2.24, 2.45) is 5.41 Å². The van der Waals surface area contributed by atoms with E-state index < -0.39 is 40.4 Å². The van der Waals surface area contributed by atoms with E-state index in [1.807, 2.05) is 57.3 Å². The zero-order valence-corrected chi connectivity index (χ0v) is 28.9. The zero-order chi connectivity index (χ0) is 40.2. The molecule has 4 aromatic heterocycles. The number of furan rings is 1. The summed E-state index contributed by atoms with van der Waals surface area (Å²) in [6.45, 7) is 5.24. The summed E-state index contributed by atoms with van der Waals surface area (Å²) < 4.78 is 92.4.